The number of furan rings is 1. The van der Waals surface area contributed by atoms with Crippen molar-refractivity contribution in [1.29, 1.82) is 0 Å². The van der Waals surface area contributed by atoms with E-state index in [2.05, 4.69) is 15.5 Å². The molecule has 1 saturated carbocycles. The second-order valence-electron chi connectivity index (χ2n) is 4.10. The Bertz CT molecular complexity index is 446. The molecule has 0 aliphatic heterocycles. The molecule has 0 unspecified atom stereocenters. The van der Waals surface area contributed by atoms with Crippen molar-refractivity contribution in [3.63, 3.8) is 0 Å². The standard InChI is InChI=1S/C11H13N3O2/c1-2-8(1)5-12-6-10-13-11(14-16-10)9-3-4-15-7-9/h3-4,7-8,12H,1-2,5-6H2. The third-order valence-corrected chi connectivity index (χ3v) is 2.65. The van der Waals surface area contributed by atoms with Gasteiger partial charge in [0.1, 0.15) is 6.26 Å². The predicted octanol–water partition coefficient (Wildman–Crippen LogP) is 1.83. The lowest BCUT2D eigenvalue weighted by Gasteiger charge is -1.96. The summed E-state index contributed by atoms with van der Waals surface area (Å²) < 4.78 is 10.1. The highest BCUT2D eigenvalue weighted by Crippen LogP contribution is 2.27. The molecule has 0 spiro atoms. The second-order valence-corrected chi connectivity index (χ2v) is 4.10. The quantitative estimate of drug-likeness (QED) is 0.831. The van der Waals surface area contributed by atoms with Gasteiger partial charge in [-0.3, -0.25) is 0 Å². The number of hydrogen-bond acceptors (Lipinski definition) is 5. The Hall–Kier alpha value is -1.62. The summed E-state index contributed by atoms with van der Waals surface area (Å²) in [5.74, 6) is 2.06. The van der Waals surface area contributed by atoms with E-state index in [-0.39, 0.29) is 0 Å². The summed E-state index contributed by atoms with van der Waals surface area (Å²) in [5.41, 5.74) is 0.845. The molecule has 0 radical (unpaired) electrons. The highest BCUT2D eigenvalue weighted by molar-refractivity contribution is 5.51. The molecule has 0 amide bonds. The number of hydrogen-bond donors (Lipinski definition) is 1. The molecule has 1 N–H and O–H groups in total. The molecule has 0 bridgehead atoms. The van der Waals surface area contributed by atoms with Crippen LogP contribution in [-0.2, 0) is 6.54 Å². The van der Waals surface area contributed by atoms with Gasteiger partial charge in [0, 0.05) is 0 Å². The van der Waals surface area contributed by atoms with Gasteiger partial charge >= 0.3 is 0 Å². The molecular weight excluding hydrogens is 206 g/mol. The third kappa shape index (κ3) is 2.14. The first-order valence-electron chi connectivity index (χ1n) is 5.48. The van der Waals surface area contributed by atoms with E-state index in [1.54, 1.807) is 12.5 Å². The lowest BCUT2D eigenvalue weighted by molar-refractivity contribution is 0.367. The Morgan fingerprint density at radius 3 is 3.12 bits per heavy atom. The molecule has 5 nitrogen and oxygen atoms in total. The van der Waals surface area contributed by atoms with Gasteiger partial charge in [0.15, 0.2) is 0 Å². The van der Waals surface area contributed by atoms with Crippen LogP contribution < -0.4 is 5.32 Å². The lowest BCUT2D eigenvalue weighted by atomic mass is 10.3. The van der Waals surface area contributed by atoms with E-state index >= 15 is 0 Å². The molecule has 2 heterocycles. The monoisotopic (exact) mass is 219 g/mol. The van der Waals surface area contributed by atoms with Crippen LogP contribution in [-0.4, -0.2) is 16.7 Å². The molecule has 3 rings (SSSR count). The highest BCUT2D eigenvalue weighted by atomic mass is 16.5. The van der Waals surface area contributed by atoms with Crippen LogP contribution >= 0.6 is 0 Å². The summed E-state index contributed by atoms with van der Waals surface area (Å²) in [6, 6.07) is 1.81. The van der Waals surface area contributed by atoms with Crippen molar-refractivity contribution in [3.8, 4) is 11.4 Å². The number of nitrogens with one attached hydrogen (secondary N) is 1. The van der Waals surface area contributed by atoms with Crippen molar-refractivity contribution in [2.24, 2.45) is 5.92 Å². The van der Waals surface area contributed by atoms with Crippen molar-refractivity contribution in [1.82, 2.24) is 15.5 Å². The molecule has 84 valence electrons. The average Bonchev–Trinajstić information content (AvgIpc) is 2.83. The zero-order valence-electron chi connectivity index (χ0n) is 8.85. The molecule has 0 aromatic carbocycles. The highest BCUT2D eigenvalue weighted by Gasteiger charge is 2.20. The molecule has 5 heteroatoms. The maximum absolute atomic E-state index is 5.13. The Kier molecular flexibility index (Phi) is 2.46. The van der Waals surface area contributed by atoms with Gasteiger partial charge < -0.3 is 14.3 Å². The molecule has 0 atom stereocenters. The summed E-state index contributed by atoms with van der Waals surface area (Å²) in [6.07, 6.45) is 5.89. The minimum Gasteiger partial charge on any atom is -0.472 e. The minimum atomic E-state index is 0.581. The number of rotatable bonds is 5. The molecular formula is C11H13N3O2. The van der Waals surface area contributed by atoms with Gasteiger partial charge in [0.05, 0.1) is 18.4 Å². The smallest absolute Gasteiger partial charge is 0.240 e. The summed E-state index contributed by atoms with van der Waals surface area (Å²) in [4.78, 5) is 4.27. The van der Waals surface area contributed by atoms with Gasteiger partial charge in [0.2, 0.25) is 11.7 Å². The van der Waals surface area contributed by atoms with E-state index in [9.17, 15) is 0 Å². The Morgan fingerprint density at radius 2 is 2.38 bits per heavy atom. The summed E-state index contributed by atoms with van der Waals surface area (Å²) in [5, 5.41) is 7.19. The summed E-state index contributed by atoms with van der Waals surface area (Å²) in [6.45, 7) is 1.69. The maximum Gasteiger partial charge on any atom is 0.240 e. The minimum absolute atomic E-state index is 0.581. The fraction of sp³-hybridized carbons (Fsp3) is 0.455. The topological polar surface area (TPSA) is 64.1 Å². The normalized spacial score (nSPS) is 15.5. The Balaban J connectivity index is 1.59. The number of nitrogens with zero attached hydrogens (tertiary/aromatic N) is 2. The van der Waals surface area contributed by atoms with Crippen LogP contribution in [0.2, 0.25) is 0 Å². The van der Waals surface area contributed by atoms with Crippen LogP contribution in [0.5, 0.6) is 0 Å². The molecule has 2 aromatic heterocycles. The van der Waals surface area contributed by atoms with Crippen LogP contribution in [0.25, 0.3) is 11.4 Å². The van der Waals surface area contributed by atoms with Crippen molar-refractivity contribution in [3.05, 3.63) is 24.5 Å². The molecule has 0 saturated heterocycles. The number of aromatic nitrogens is 2. The van der Waals surface area contributed by atoms with Gasteiger partial charge in [-0.05, 0) is 31.4 Å². The first kappa shape index (κ1) is 9.59. The van der Waals surface area contributed by atoms with Gasteiger partial charge in [-0.1, -0.05) is 5.16 Å². The van der Waals surface area contributed by atoms with Crippen molar-refractivity contribution < 1.29 is 8.94 Å². The van der Waals surface area contributed by atoms with Crippen molar-refractivity contribution in [2.75, 3.05) is 6.54 Å². The van der Waals surface area contributed by atoms with Gasteiger partial charge in [-0.2, -0.15) is 4.98 Å². The Labute approximate surface area is 92.8 Å². The zero-order valence-corrected chi connectivity index (χ0v) is 8.85. The van der Waals surface area contributed by atoms with Crippen LogP contribution in [0.15, 0.2) is 27.5 Å². The molecule has 2 aromatic rings. The molecule has 1 aliphatic rings. The van der Waals surface area contributed by atoms with E-state index in [0.717, 1.165) is 18.0 Å². The van der Waals surface area contributed by atoms with Crippen LogP contribution in [0.3, 0.4) is 0 Å². The molecule has 1 aliphatic carbocycles. The average molecular weight is 219 g/mol. The third-order valence-electron chi connectivity index (χ3n) is 2.65. The van der Waals surface area contributed by atoms with Gasteiger partial charge in [-0.15, -0.1) is 0 Å². The van der Waals surface area contributed by atoms with Crippen LogP contribution in [0, 0.1) is 5.92 Å². The summed E-state index contributed by atoms with van der Waals surface area (Å²) >= 11 is 0. The second kappa shape index (κ2) is 4.09. The Morgan fingerprint density at radius 1 is 1.44 bits per heavy atom. The van der Waals surface area contributed by atoms with E-state index < -0.39 is 0 Å². The predicted molar refractivity (Wildman–Crippen MR) is 56.4 cm³/mol. The largest absolute Gasteiger partial charge is 0.472 e. The van der Waals surface area contributed by atoms with E-state index in [0.29, 0.717) is 18.3 Å². The van der Waals surface area contributed by atoms with Crippen LogP contribution in [0.1, 0.15) is 18.7 Å². The van der Waals surface area contributed by atoms with Crippen LogP contribution in [0.4, 0.5) is 0 Å². The maximum atomic E-state index is 5.13. The van der Waals surface area contributed by atoms with Crippen molar-refractivity contribution in [2.45, 2.75) is 19.4 Å². The fourth-order valence-corrected chi connectivity index (χ4v) is 1.54. The van der Waals surface area contributed by atoms with E-state index in [4.69, 9.17) is 8.94 Å². The molecule has 16 heavy (non-hydrogen) atoms. The first-order valence-corrected chi connectivity index (χ1v) is 5.48. The SMILES string of the molecule is c1cc(-c2noc(CNCC3CC3)n2)co1. The lowest BCUT2D eigenvalue weighted by Crippen LogP contribution is -2.16. The van der Waals surface area contributed by atoms with Crippen molar-refractivity contribution >= 4 is 0 Å². The molecule has 1 fully saturated rings. The van der Waals surface area contributed by atoms with E-state index in [1.807, 2.05) is 6.07 Å². The fourth-order valence-electron chi connectivity index (χ4n) is 1.54. The zero-order chi connectivity index (χ0) is 10.8. The van der Waals surface area contributed by atoms with Gasteiger partial charge in [0.25, 0.3) is 0 Å². The first-order chi connectivity index (χ1) is 7.92. The summed E-state index contributed by atoms with van der Waals surface area (Å²) in [7, 11) is 0. The van der Waals surface area contributed by atoms with E-state index in [1.165, 1.54) is 12.8 Å². The van der Waals surface area contributed by atoms with Gasteiger partial charge in [-0.25, -0.2) is 0 Å².